The van der Waals surface area contributed by atoms with Gasteiger partial charge in [-0.25, -0.2) is 38.4 Å². The molecule has 2 saturated carbocycles. The SMILES string of the molecule is CCCCOc1ccc(C(=O)OC2CCC(OC(=O)c3ccc(OCCCC)cc3)CC2)cc1.COc1ccc(C(=O)OC2CCC(OC(=O)c3ccc(OC)cc3)CC2)cc1.Cc1ccc(OC(=O)C#CC(=O)Oc2ccc(C)cc2)cc1.O=C(C#CC(=O)Oc1ccccc1)Oc1ccccc1.[HH].[HH]. The smallest absolute Gasteiger partial charge is 0.390 e. The van der Waals surface area contributed by atoms with Crippen molar-refractivity contribution in [1.29, 1.82) is 0 Å². The van der Waals surface area contributed by atoms with Crippen LogP contribution in [0.15, 0.2) is 206 Å². The van der Waals surface area contributed by atoms with Gasteiger partial charge in [-0.05, 0) is 224 Å². The van der Waals surface area contributed by atoms with E-state index in [0.29, 0.717) is 121 Å². The predicted octanol–water partition coefficient (Wildman–Crippen LogP) is 15.9. The molecule has 0 aliphatic heterocycles. The van der Waals surface area contributed by atoms with E-state index < -0.39 is 23.9 Å². The van der Waals surface area contributed by atoms with E-state index in [2.05, 4.69) is 37.5 Å². The summed E-state index contributed by atoms with van der Waals surface area (Å²) in [5.74, 6) is 8.06. The number of benzene rings is 8. The lowest BCUT2D eigenvalue weighted by Crippen LogP contribution is -2.29. The van der Waals surface area contributed by atoms with Crippen molar-refractivity contribution in [2.24, 2.45) is 0 Å². The molecule has 2 fully saturated rings. The van der Waals surface area contributed by atoms with Crippen molar-refractivity contribution in [3.05, 3.63) is 240 Å². The van der Waals surface area contributed by atoms with Crippen LogP contribution in [0.5, 0.6) is 46.0 Å². The van der Waals surface area contributed by atoms with Crippen LogP contribution in [0, 0.1) is 37.5 Å². The molecule has 0 unspecified atom stereocenters. The maximum absolute atomic E-state index is 12.5. The number of rotatable bonds is 22. The van der Waals surface area contributed by atoms with Crippen molar-refractivity contribution in [1.82, 2.24) is 0 Å². The van der Waals surface area contributed by atoms with Crippen molar-refractivity contribution in [3.63, 3.8) is 0 Å². The van der Waals surface area contributed by atoms with Crippen LogP contribution in [0.2, 0.25) is 0 Å². The van der Waals surface area contributed by atoms with Gasteiger partial charge in [-0.1, -0.05) is 98.5 Å². The number of para-hydroxylation sites is 2. The zero-order chi connectivity index (χ0) is 74.3. The second-order valence-electron chi connectivity index (χ2n) is 23.6. The summed E-state index contributed by atoms with van der Waals surface area (Å²) in [6.45, 7) is 9.42. The Morgan fingerprint density at radius 1 is 0.308 bits per heavy atom. The van der Waals surface area contributed by atoms with E-state index in [1.165, 1.54) is 0 Å². The topological polar surface area (TPSA) is 247 Å². The van der Waals surface area contributed by atoms with Gasteiger partial charge in [0.25, 0.3) is 0 Å². The van der Waals surface area contributed by atoms with Crippen LogP contribution < -0.4 is 37.9 Å². The first-order valence-electron chi connectivity index (χ1n) is 34.2. The van der Waals surface area contributed by atoms with Crippen LogP contribution in [0.4, 0.5) is 0 Å². The summed E-state index contributed by atoms with van der Waals surface area (Å²) in [4.78, 5) is 95.2. The van der Waals surface area contributed by atoms with Crippen LogP contribution in [0.1, 0.15) is 146 Å². The van der Waals surface area contributed by atoms with Crippen molar-refractivity contribution in [2.75, 3.05) is 27.4 Å². The largest absolute Gasteiger partial charge is 0.497 e. The molecular formula is C84H88O20. The number of esters is 8. The van der Waals surface area contributed by atoms with E-state index in [4.69, 9.17) is 56.8 Å². The normalized spacial score (nSPS) is 14.5. The molecule has 0 aromatic heterocycles. The van der Waals surface area contributed by atoms with Crippen LogP contribution in [-0.4, -0.2) is 99.6 Å². The van der Waals surface area contributed by atoms with Gasteiger partial charge < -0.3 is 56.8 Å². The van der Waals surface area contributed by atoms with E-state index >= 15 is 0 Å². The third-order valence-electron chi connectivity index (χ3n) is 15.6. The zero-order valence-electron chi connectivity index (χ0n) is 59.0. The molecule has 0 spiro atoms. The van der Waals surface area contributed by atoms with Crippen LogP contribution in [0.3, 0.4) is 0 Å². The highest BCUT2D eigenvalue weighted by Gasteiger charge is 2.29. The van der Waals surface area contributed by atoms with Crippen LogP contribution >= 0.6 is 0 Å². The molecule has 104 heavy (non-hydrogen) atoms. The molecule has 0 heterocycles. The predicted molar refractivity (Wildman–Crippen MR) is 391 cm³/mol. The highest BCUT2D eigenvalue weighted by Crippen LogP contribution is 2.29. The van der Waals surface area contributed by atoms with E-state index in [1.54, 1.807) is 196 Å². The third-order valence-corrected chi connectivity index (χ3v) is 15.6. The Morgan fingerprint density at radius 3 is 0.760 bits per heavy atom. The molecule has 0 saturated heterocycles. The molecule has 20 heteroatoms. The van der Waals surface area contributed by atoms with Crippen molar-refractivity contribution < 1.29 is 98.1 Å². The van der Waals surface area contributed by atoms with Gasteiger partial charge in [-0.15, -0.1) is 0 Å². The van der Waals surface area contributed by atoms with Gasteiger partial charge in [-0.2, -0.15) is 0 Å². The van der Waals surface area contributed by atoms with Crippen LogP contribution in [0.25, 0.3) is 0 Å². The summed E-state index contributed by atoms with van der Waals surface area (Å²) in [7, 11) is 3.15. The van der Waals surface area contributed by atoms with E-state index in [-0.39, 0.29) is 51.1 Å². The lowest BCUT2D eigenvalue weighted by Gasteiger charge is -2.28. The van der Waals surface area contributed by atoms with E-state index in [9.17, 15) is 38.4 Å². The molecule has 2 aliphatic rings. The van der Waals surface area contributed by atoms with Gasteiger partial charge in [0.1, 0.15) is 70.4 Å². The Hall–Kier alpha value is -12.2. The first-order chi connectivity index (χ1) is 50.4. The molecular weight excluding hydrogens is 1330 g/mol. The number of methoxy groups -OCH3 is 2. The molecule has 0 amide bonds. The fourth-order valence-electron chi connectivity index (χ4n) is 9.83. The number of aryl methyl sites for hydroxylation is 2. The van der Waals surface area contributed by atoms with E-state index in [0.717, 1.165) is 48.3 Å². The quantitative estimate of drug-likeness (QED) is 0.0153. The number of ether oxygens (including phenoxy) is 12. The summed E-state index contributed by atoms with van der Waals surface area (Å²) >= 11 is 0. The molecule has 10 rings (SSSR count). The van der Waals surface area contributed by atoms with Gasteiger partial charge in [0, 0.05) is 26.5 Å². The minimum Gasteiger partial charge on any atom is -0.497 e. The number of carbonyl (C=O) groups excluding carboxylic acids is 8. The summed E-state index contributed by atoms with van der Waals surface area (Å²) in [5.41, 5.74) is 4.11. The van der Waals surface area contributed by atoms with Gasteiger partial charge >= 0.3 is 47.8 Å². The average molecular weight is 1420 g/mol. The van der Waals surface area contributed by atoms with Crippen molar-refractivity contribution >= 4 is 47.8 Å². The van der Waals surface area contributed by atoms with Gasteiger partial charge in [-0.3, -0.25) is 0 Å². The van der Waals surface area contributed by atoms with E-state index in [1.807, 2.05) is 38.1 Å². The van der Waals surface area contributed by atoms with Crippen LogP contribution in [-0.2, 0) is 38.1 Å². The Kier molecular flexibility index (Phi) is 33.1. The lowest BCUT2D eigenvalue weighted by molar-refractivity contribution is -0.130. The van der Waals surface area contributed by atoms with Crippen molar-refractivity contribution in [3.8, 4) is 69.7 Å². The molecule has 2 aliphatic carbocycles. The van der Waals surface area contributed by atoms with Gasteiger partial charge in [0.05, 0.1) is 49.7 Å². The average Bonchev–Trinajstić information content (AvgIpc) is 0.863. The second kappa shape index (κ2) is 43.5. The Labute approximate surface area is 609 Å². The highest BCUT2D eigenvalue weighted by molar-refractivity contribution is 6.00. The summed E-state index contributed by atoms with van der Waals surface area (Å²) < 4.78 is 63.7. The standard InChI is InChI=1S/C28H36O6.C22H24O6.C18H14O4.C16H10O4.2H2/c1-3-5-19-31-23-11-7-21(8-12-23)27(29)33-25-15-17-26(18-16-25)34-28(30)22-9-13-24(14-10-22)32-20-6-4-2;1-25-17-7-3-15(4-8-17)21(23)27-19-11-13-20(14-12-19)28-22(24)16-5-9-18(26-2)10-6-16;1-13-3-7-15(8-4-13)21-17(19)11-12-18(20)22-16-9-5-14(2)6-10-16;17-15(19-13-7-3-1-4-8-13)11-12-16(18)20-14-9-5-2-6-10-14;;/h7-14,25-26H,3-6,15-20H2,1-2H3;3-10,19-20H,11-14H2,1-2H3;3-10H,1-2H3;1-10H;2*1H. The van der Waals surface area contributed by atoms with Crippen molar-refractivity contribution in [2.45, 2.75) is 129 Å². The molecule has 8 aromatic carbocycles. The second-order valence-corrected chi connectivity index (χ2v) is 23.6. The molecule has 8 aromatic rings. The summed E-state index contributed by atoms with van der Waals surface area (Å²) in [5, 5.41) is 0. The Balaban J connectivity index is 0.000000257. The summed E-state index contributed by atoms with van der Waals surface area (Å²) in [6.07, 6.45) is 8.87. The first-order valence-corrected chi connectivity index (χ1v) is 34.2. The van der Waals surface area contributed by atoms with Gasteiger partial charge in [0.2, 0.25) is 0 Å². The number of hydrogen-bond acceptors (Lipinski definition) is 20. The minimum atomic E-state index is -0.818. The maximum atomic E-state index is 12.5. The molecule has 0 bridgehead atoms. The number of carbonyl (C=O) groups is 8. The first kappa shape index (κ1) is 79.2. The fraction of sp³-hybridized carbons (Fsp3) is 0.286. The lowest BCUT2D eigenvalue weighted by atomic mass is 9.95. The highest BCUT2D eigenvalue weighted by atomic mass is 16.6. The van der Waals surface area contributed by atoms with Gasteiger partial charge in [0.15, 0.2) is 0 Å². The zero-order valence-corrected chi connectivity index (χ0v) is 59.0. The summed E-state index contributed by atoms with van der Waals surface area (Å²) in [6, 6.07) is 58.5. The molecule has 0 radical (unpaired) electrons. The maximum Gasteiger partial charge on any atom is 0.390 e. The molecule has 20 nitrogen and oxygen atoms in total. The fourth-order valence-corrected chi connectivity index (χ4v) is 9.83. The molecule has 0 N–H and O–H groups in total. The number of hydrogen-bond donors (Lipinski definition) is 0. The number of unbranched alkanes of at least 4 members (excludes halogenated alkanes) is 2. The Morgan fingerprint density at radius 2 is 0.529 bits per heavy atom. The monoisotopic (exact) mass is 1420 g/mol. The minimum absolute atomic E-state index is 0. The molecule has 544 valence electrons. The molecule has 0 atom stereocenters. The Bertz CT molecular complexity index is 3890. The third kappa shape index (κ3) is 29.2.